The number of pyridine rings is 1. The zero-order chi connectivity index (χ0) is 21.9. The van der Waals surface area contributed by atoms with Crippen molar-refractivity contribution in [3.63, 3.8) is 0 Å². The molecule has 0 radical (unpaired) electrons. The van der Waals surface area contributed by atoms with Gasteiger partial charge in [0.1, 0.15) is 5.15 Å². The molecule has 0 saturated heterocycles. The van der Waals surface area contributed by atoms with Crippen LogP contribution in [0.15, 0.2) is 41.5 Å². The SMILES string of the molecule is CCNC(=NCC(c1ccc(OC)c(OC)c1)N(C)C)NCCc1ccc(Cl)nc1. The number of aliphatic imine (C=N–C) groups is 1. The molecule has 1 aromatic heterocycles. The van der Waals surface area contributed by atoms with Crippen molar-refractivity contribution in [2.75, 3.05) is 47.9 Å². The molecule has 0 amide bonds. The molecule has 1 unspecified atom stereocenters. The fourth-order valence-corrected chi connectivity index (χ4v) is 3.14. The first kappa shape index (κ1) is 23.8. The molecule has 1 aromatic carbocycles. The average molecular weight is 434 g/mol. The minimum Gasteiger partial charge on any atom is -0.493 e. The number of methoxy groups -OCH3 is 2. The number of ether oxygens (including phenoxy) is 2. The summed E-state index contributed by atoms with van der Waals surface area (Å²) in [6.07, 6.45) is 2.63. The smallest absolute Gasteiger partial charge is 0.191 e. The summed E-state index contributed by atoms with van der Waals surface area (Å²) < 4.78 is 10.8. The van der Waals surface area contributed by atoms with E-state index in [0.717, 1.165) is 36.6 Å². The lowest BCUT2D eigenvalue weighted by Gasteiger charge is -2.24. The predicted octanol–water partition coefficient (Wildman–Crippen LogP) is 3.15. The number of aromatic nitrogens is 1. The number of hydrogen-bond acceptors (Lipinski definition) is 5. The van der Waals surface area contributed by atoms with Crippen LogP contribution in [-0.2, 0) is 6.42 Å². The Morgan fingerprint density at radius 1 is 1.13 bits per heavy atom. The molecular weight excluding hydrogens is 402 g/mol. The highest BCUT2D eigenvalue weighted by molar-refractivity contribution is 6.29. The fourth-order valence-electron chi connectivity index (χ4n) is 3.03. The summed E-state index contributed by atoms with van der Waals surface area (Å²) in [6.45, 7) is 4.19. The topological polar surface area (TPSA) is 71.0 Å². The quantitative estimate of drug-likeness (QED) is 0.341. The van der Waals surface area contributed by atoms with Crippen LogP contribution in [0.5, 0.6) is 11.5 Å². The first-order valence-electron chi connectivity index (χ1n) is 9.99. The molecule has 2 rings (SSSR count). The van der Waals surface area contributed by atoms with Gasteiger partial charge in [-0.05, 0) is 56.8 Å². The maximum absolute atomic E-state index is 5.85. The first-order chi connectivity index (χ1) is 14.5. The van der Waals surface area contributed by atoms with E-state index in [1.165, 1.54) is 0 Å². The summed E-state index contributed by atoms with van der Waals surface area (Å²) >= 11 is 5.85. The van der Waals surface area contributed by atoms with E-state index in [-0.39, 0.29) is 6.04 Å². The lowest BCUT2D eigenvalue weighted by Crippen LogP contribution is -2.39. The van der Waals surface area contributed by atoms with Gasteiger partial charge in [-0.25, -0.2) is 4.98 Å². The Bertz CT molecular complexity index is 812. The molecule has 1 atom stereocenters. The average Bonchev–Trinajstić information content (AvgIpc) is 2.74. The largest absolute Gasteiger partial charge is 0.493 e. The normalized spacial score (nSPS) is 12.6. The molecule has 0 aliphatic rings. The number of nitrogens with one attached hydrogen (secondary N) is 2. The Balaban J connectivity index is 2.06. The Hall–Kier alpha value is -2.51. The summed E-state index contributed by atoms with van der Waals surface area (Å²) in [6, 6.07) is 9.88. The number of halogens is 1. The lowest BCUT2D eigenvalue weighted by molar-refractivity contribution is 0.303. The van der Waals surface area contributed by atoms with Crippen molar-refractivity contribution in [2.24, 2.45) is 4.99 Å². The highest BCUT2D eigenvalue weighted by Crippen LogP contribution is 2.31. The van der Waals surface area contributed by atoms with Crippen molar-refractivity contribution < 1.29 is 9.47 Å². The predicted molar refractivity (Wildman–Crippen MR) is 123 cm³/mol. The van der Waals surface area contributed by atoms with Gasteiger partial charge in [-0.1, -0.05) is 23.7 Å². The minimum atomic E-state index is 0.0979. The highest BCUT2D eigenvalue weighted by atomic mass is 35.5. The van der Waals surface area contributed by atoms with E-state index in [1.54, 1.807) is 26.5 Å². The third-order valence-corrected chi connectivity index (χ3v) is 4.90. The van der Waals surface area contributed by atoms with Gasteiger partial charge in [-0.2, -0.15) is 0 Å². The van der Waals surface area contributed by atoms with Gasteiger partial charge in [-0.15, -0.1) is 0 Å². The van der Waals surface area contributed by atoms with Gasteiger partial charge in [-0.3, -0.25) is 4.99 Å². The zero-order valence-electron chi connectivity index (χ0n) is 18.4. The Morgan fingerprint density at radius 2 is 1.90 bits per heavy atom. The van der Waals surface area contributed by atoms with Crippen LogP contribution >= 0.6 is 11.6 Å². The molecule has 0 bridgehead atoms. The second-order valence-electron chi connectivity index (χ2n) is 6.98. The van der Waals surface area contributed by atoms with Gasteiger partial charge in [0.2, 0.25) is 0 Å². The maximum atomic E-state index is 5.85. The van der Waals surface area contributed by atoms with Gasteiger partial charge < -0.3 is 25.0 Å². The molecule has 8 heteroatoms. The van der Waals surface area contributed by atoms with E-state index < -0.39 is 0 Å². The van der Waals surface area contributed by atoms with Crippen molar-refractivity contribution in [1.29, 1.82) is 0 Å². The molecule has 2 aromatic rings. The second-order valence-corrected chi connectivity index (χ2v) is 7.37. The number of guanidine groups is 1. The van der Waals surface area contributed by atoms with E-state index in [0.29, 0.717) is 23.2 Å². The molecule has 2 N–H and O–H groups in total. The van der Waals surface area contributed by atoms with Crippen LogP contribution in [0.1, 0.15) is 24.1 Å². The van der Waals surface area contributed by atoms with E-state index in [1.807, 2.05) is 32.3 Å². The molecule has 0 saturated carbocycles. The van der Waals surface area contributed by atoms with Crippen LogP contribution < -0.4 is 20.1 Å². The van der Waals surface area contributed by atoms with Gasteiger partial charge in [0.05, 0.1) is 26.8 Å². The summed E-state index contributed by atoms with van der Waals surface area (Å²) in [4.78, 5) is 11.1. The zero-order valence-corrected chi connectivity index (χ0v) is 19.2. The maximum Gasteiger partial charge on any atom is 0.191 e. The summed E-state index contributed by atoms with van der Waals surface area (Å²) in [5, 5.41) is 7.19. The number of benzene rings is 1. The van der Waals surface area contributed by atoms with Crippen molar-refractivity contribution in [1.82, 2.24) is 20.5 Å². The van der Waals surface area contributed by atoms with Gasteiger partial charge in [0.15, 0.2) is 17.5 Å². The Morgan fingerprint density at radius 3 is 2.50 bits per heavy atom. The highest BCUT2D eigenvalue weighted by Gasteiger charge is 2.16. The Labute approximate surface area is 184 Å². The molecule has 7 nitrogen and oxygen atoms in total. The van der Waals surface area contributed by atoms with Crippen LogP contribution in [0.4, 0.5) is 0 Å². The summed E-state index contributed by atoms with van der Waals surface area (Å²) in [5.74, 6) is 2.22. The minimum absolute atomic E-state index is 0.0979. The number of hydrogen-bond donors (Lipinski definition) is 2. The second kappa shape index (κ2) is 12.2. The third-order valence-electron chi connectivity index (χ3n) is 4.68. The van der Waals surface area contributed by atoms with E-state index >= 15 is 0 Å². The van der Waals surface area contributed by atoms with E-state index in [4.69, 9.17) is 26.1 Å². The summed E-state index contributed by atoms with van der Waals surface area (Å²) in [7, 11) is 7.38. The van der Waals surface area contributed by atoms with Crippen molar-refractivity contribution >= 4 is 17.6 Å². The van der Waals surface area contributed by atoms with E-state index in [9.17, 15) is 0 Å². The summed E-state index contributed by atoms with van der Waals surface area (Å²) in [5.41, 5.74) is 2.24. The van der Waals surface area contributed by atoms with Gasteiger partial charge in [0.25, 0.3) is 0 Å². The molecule has 0 fully saturated rings. The fraction of sp³-hybridized carbons (Fsp3) is 0.455. The van der Waals surface area contributed by atoms with Crippen LogP contribution in [0.3, 0.4) is 0 Å². The molecule has 1 heterocycles. The Kier molecular flexibility index (Phi) is 9.70. The monoisotopic (exact) mass is 433 g/mol. The van der Waals surface area contributed by atoms with Crippen molar-refractivity contribution in [3.8, 4) is 11.5 Å². The first-order valence-corrected chi connectivity index (χ1v) is 10.4. The van der Waals surface area contributed by atoms with Crippen LogP contribution in [-0.4, -0.2) is 63.8 Å². The molecule has 0 aliphatic carbocycles. The van der Waals surface area contributed by atoms with Crippen LogP contribution in [0.25, 0.3) is 0 Å². The third kappa shape index (κ3) is 7.07. The van der Waals surface area contributed by atoms with Crippen LogP contribution in [0.2, 0.25) is 5.15 Å². The standard InChI is InChI=1S/C22H32ClN5O2/c1-6-24-22(25-12-11-16-7-10-21(23)26-14-16)27-15-18(28(2)3)17-8-9-19(29-4)20(13-17)30-5/h7-10,13-14,18H,6,11-12,15H2,1-5H3,(H2,24,25,27). The van der Waals surface area contributed by atoms with E-state index in [2.05, 4.69) is 33.5 Å². The number of nitrogens with zero attached hydrogens (tertiary/aromatic N) is 3. The molecular formula is C22H32ClN5O2. The molecule has 0 spiro atoms. The number of likely N-dealkylation sites (N-methyl/N-ethyl adjacent to an activating group) is 1. The lowest BCUT2D eigenvalue weighted by atomic mass is 10.1. The molecule has 30 heavy (non-hydrogen) atoms. The van der Waals surface area contributed by atoms with Gasteiger partial charge >= 0.3 is 0 Å². The molecule has 0 aliphatic heterocycles. The number of rotatable bonds is 10. The van der Waals surface area contributed by atoms with Crippen molar-refractivity contribution in [3.05, 3.63) is 52.8 Å². The van der Waals surface area contributed by atoms with Crippen LogP contribution in [0, 0.1) is 0 Å². The van der Waals surface area contributed by atoms with Crippen molar-refractivity contribution in [2.45, 2.75) is 19.4 Å². The molecule has 164 valence electrons. The van der Waals surface area contributed by atoms with Gasteiger partial charge in [0, 0.05) is 19.3 Å².